The number of nitrogens with zero attached hydrogens (tertiary/aromatic N) is 2. The fourth-order valence-corrected chi connectivity index (χ4v) is 4.67. The second-order valence-electron chi connectivity index (χ2n) is 7.43. The Bertz CT molecular complexity index is 1420. The average molecular weight is 453 g/mol. The van der Waals surface area contributed by atoms with E-state index in [-0.39, 0.29) is 22.6 Å². The van der Waals surface area contributed by atoms with E-state index < -0.39 is 21.6 Å². The van der Waals surface area contributed by atoms with E-state index in [1.807, 2.05) is 6.07 Å². The lowest BCUT2D eigenvalue weighted by Crippen LogP contribution is -2.18. The van der Waals surface area contributed by atoms with Crippen LogP contribution in [0.1, 0.15) is 34.8 Å². The molecule has 7 nitrogen and oxygen atoms in total. The van der Waals surface area contributed by atoms with Gasteiger partial charge in [0.15, 0.2) is 11.6 Å². The minimum absolute atomic E-state index is 0.144. The van der Waals surface area contributed by atoms with Crippen molar-refractivity contribution in [1.29, 1.82) is 0 Å². The summed E-state index contributed by atoms with van der Waals surface area (Å²) >= 11 is 0. The number of halogens is 1. The van der Waals surface area contributed by atoms with E-state index in [0.717, 1.165) is 11.1 Å². The molecule has 0 saturated carbocycles. The summed E-state index contributed by atoms with van der Waals surface area (Å²) in [6, 6.07) is 8.32. The highest BCUT2D eigenvalue weighted by atomic mass is 32.2. The van der Waals surface area contributed by atoms with Gasteiger partial charge in [-0.25, -0.2) is 17.8 Å². The number of hydrogen-bond acceptors (Lipinski definition) is 5. The van der Waals surface area contributed by atoms with E-state index in [1.165, 1.54) is 18.3 Å². The monoisotopic (exact) mass is 452 g/mol. The van der Waals surface area contributed by atoms with Crippen LogP contribution in [0.2, 0.25) is 0 Å². The summed E-state index contributed by atoms with van der Waals surface area (Å²) < 4.78 is 41.8. The minimum atomic E-state index is -3.71. The molecule has 32 heavy (non-hydrogen) atoms. The number of nitrogens with one attached hydrogen (secondary N) is 2. The predicted molar refractivity (Wildman–Crippen MR) is 122 cm³/mol. The quantitative estimate of drug-likeness (QED) is 0.403. The number of hydrogen-bond donors (Lipinski definition) is 2. The summed E-state index contributed by atoms with van der Waals surface area (Å²) in [5, 5.41) is 0.534. The first kappa shape index (κ1) is 21.6. The number of ketones is 1. The molecule has 3 heterocycles. The Balaban J connectivity index is 1.79. The molecule has 0 saturated heterocycles. The van der Waals surface area contributed by atoms with Crippen molar-refractivity contribution in [2.75, 3.05) is 10.5 Å². The molecule has 1 aromatic carbocycles. The number of aromatic amines is 1. The van der Waals surface area contributed by atoms with Crippen LogP contribution in [0.4, 0.5) is 10.1 Å². The average Bonchev–Trinajstić information content (AvgIpc) is 3.19. The number of sulfonamides is 1. The van der Waals surface area contributed by atoms with Crippen LogP contribution >= 0.6 is 0 Å². The van der Waals surface area contributed by atoms with Crippen LogP contribution in [0, 0.1) is 12.7 Å². The molecule has 3 aromatic heterocycles. The number of rotatable bonds is 7. The summed E-state index contributed by atoms with van der Waals surface area (Å²) in [6.45, 7) is 3.32. The van der Waals surface area contributed by atoms with Gasteiger partial charge in [0.1, 0.15) is 5.65 Å². The summed E-state index contributed by atoms with van der Waals surface area (Å²) in [4.78, 5) is 24.8. The molecule has 0 fully saturated rings. The van der Waals surface area contributed by atoms with E-state index in [0.29, 0.717) is 23.0 Å². The van der Waals surface area contributed by atoms with Crippen molar-refractivity contribution < 1.29 is 17.6 Å². The van der Waals surface area contributed by atoms with Gasteiger partial charge in [0.25, 0.3) is 0 Å². The molecule has 0 aliphatic rings. The van der Waals surface area contributed by atoms with Crippen molar-refractivity contribution in [3.63, 3.8) is 0 Å². The van der Waals surface area contributed by atoms with Crippen LogP contribution in [-0.4, -0.2) is 34.9 Å². The topological polar surface area (TPSA) is 105 Å². The number of anilines is 1. The predicted octanol–water partition coefficient (Wildman–Crippen LogP) is 4.46. The van der Waals surface area contributed by atoms with Crippen molar-refractivity contribution in [2.24, 2.45) is 0 Å². The smallest absolute Gasteiger partial charge is 0.232 e. The van der Waals surface area contributed by atoms with Gasteiger partial charge in [0.2, 0.25) is 10.0 Å². The van der Waals surface area contributed by atoms with Gasteiger partial charge in [-0.15, -0.1) is 0 Å². The normalized spacial score (nSPS) is 11.6. The van der Waals surface area contributed by atoms with Crippen molar-refractivity contribution in [2.45, 2.75) is 20.3 Å². The number of benzene rings is 1. The Labute approximate surface area is 184 Å². The zero-order valence-electron chi connectivity index (χ0n) is 17.5. The molecule has 0 radical (unpaired) electrons. The van der Waals surface area contributed by atoms with E-state index in [1.54, 1.807) is 44.6 Å². The van der Waals surface area contributed by atoms with Gasteiger partial charge >= 0.3 is 0 Å². The number of carbonyl (C=O) groups excluding carboxylic acids is 1. The lowest BCUT2D eigenvalue weighted by molar-refractivity contribution is 0.103. The van der Waals surface area contributed by atoms with Crippen LogP contribution in [0.3, 0.4) is 0 Å². The molecular weight excluding hydrogens is 431 g/mol. The molecule has 0 aliphatic heterocycles. The van der Waals surface area contributed by atoms with Crippen LogP contribution in [-0.2, 0) is 10.0 Å². The highest BCUT2D eigenvalue weighted by Crippen LogP contribution is 2.29. The molecule has 9 heteroatoms. The number of carbonyl (C=O) groups is 1. The van der Waals surface area contributed by atoms with Crippen molar-refractivity contribution in [3.05, 3.63) is 77.6 Å². The molecule has 0 spiro atoms. The first-order valence-corrected chi connectivity index (χ1v) is 11.7. The molecule has 4 rings (SSSR count). The van der Waals surface area contributed by atoms with Gasteiger partial charge in [-0.1, -0.05) is 19.1 Å². The molecule has 0 amide bonds. The Kier molecular flexibility index (Phi) is 5.75. The van der Waals surface area contributed by atoms with Crippen LogP contribution in [0.5, 0.6) is 0 Å². The maximum Gasteiger partial charge on any atom is 0.232 e. The largest absolute Gasteiger partial charge is 0.345 e. The summed E-state index contributed by atoms with van der Waals surface area (Å²) in [6.07, 6.45) is 6.88. The van der Waals surface area contributed by atoms with Gasteiger partial charge in [0.05, 0.1) is 17.0 Å². The maximum absolute atomic E-state index is 15.3. The number of aromatic nitrogens is 3. The third kappa shape index (κ3) is 4.11. The van der Waals surface area contributed by atoms with E-state index >= 15 is 4.39 Å². The van der Waals surface area contributed by atoms with E-state index in [2.05, 4.69) is 19.7 Å². The number of pyridine rings is 2. The van der Waals surface area contributed by atoms with Gasteiger partial charge in [-0.3, -0.25) is 14.5 Å². The Morgan fingerprint density at radius 2 is 2.00 bits per heavy atom. The summed E-state index contributed by atoms with van der Waals surface area (Å²) in [7, 11) is -3.71. The van der Waals surface area contributed by atoms with Crippen molar-refractivity contribution in [1.82, 2.24) is 15.0 Å². The first-order valence-electron chi connectivity index (χ1n) is 10.0. The Morgan fingerprint density at radius 3 is 2.72 bits per heavy atom. The maximum atomic E-state index is 15.3. The van der Waals surface area contributed by atoms with Gasteiger partial charge in [0, 0.05) is 46.9 Å². The van der Waals surface area contributed by atoms with Crippen LogP contribution in [0.15, 0.2) is 55.1 Å². The third-order valence-electron chi connectivity index (χ3n) is 5.09. The number of H-pyrrole nitrogens is 1. The highest BCUT2D eigenvalue weighted by molar-refractivity contribution is 7.92. The van der Waals surface area contributed by atoms with Gasteiger partial charge < -0.3 is 4.98 Å². The van der Waals surface area contributed by atoms with Crippen LogP contribution < -0.4 is 4.72 Å². The molecule has 2 N–H and O–H groups in total. The molecule has 0 aliphatic carbocycles. The summed E-state index contributed by atoms with van der Waals surface area (Å²) in [5.74, 6) is -1.61. The molecule has 0 bridgehead atoms. The standard InChI is InChI=1S/C23H21FN4O3S/c1-3-9-32(30,31)28-19-7-6-14(2)20(21(19)24)22(29)18-13-27-23-17(18)10-16(12-26-23)15-5-4-8-25-11-15/h4-8,10-13,28H,3,9H2,1-2H3,(H,26,27). The third-order valence-corrected chi connectivity index (χ3v) is 6.56. The molecule has 4 aromatic rings. The van der Waals surface area contributed by atoms with Crippen molar-refractivity contribution >= 4 is 32.5 Å². The lowest BCUT2D eigenvalue weighted by atomic mass is 9.97. The molecule has 0 atom stereocenters. The number of fused-ring (bicyclic) bond motifs is 1. The first-order chi connectivity index (χ1) is 15.3. The molecule has 0 unspecified atom stereocenters. The van der Waals surface area contributed by atoms with E-state index in [4.69, 9.17) is 0 Å². The second kappa shape index (κ2) is 8.51. The highest BCUT2D eigenvalue weighted by Gasteiger charge is 2.24. The Hall–Kier alpha value is -3.59. The fourth-order valence-electron chi connectivity index (χ4n) is 3.53. The molecule has 164 valence electrons. The summed E-state index contributed by atoms with van der Waals surface area (Å²) in [5.41, 5.74) is 2.29. The fraction of sp³-hybridized carbons (Fsp3) is 0.174. The minimum Gasteiger partial charge on any atom is -0.345 e. The van der Waals surface area contributed by atoms with Gasteiger partial charge in [-0.2, -0.15) is 0 Å². The zero-order valence-corrected chi connectivity index (χ0v) is 18.3. The number of aryl methyl sites for hydroxylation is 1. The van der Waals surface area contributed by atoms with Crippen molar-refractivity contribution in [3.8, 4) is 11.1 Å². The lowest BCUT2D eigenvalue weighted by Gasteiger charge is -2.13. The van der Waals surface area contributed by atoms with Crippen LogP contribution in [0.25, 0.3) is 22.2 Å². The SMILES string of the molecule is CCCS(=O)(=O)Nc1ccc(C)c(C(=O)c2c[nH]c3ncc(-c4cccnc4)cc23)c1F. The zero-order chi connectivity index (χ0) is 22.9. The Morgan fingerprint density at radius 1 is 1.19 bits per heavy atom. The second-order valence-corrected chi connectivity index (χ2v) is 9.28. The molecular formula is C23H21FN4O3S. The van der Waals surface area contributed by atoms with E-state index in [9.17, 15) is 13.2 Å². The van der Waals surface area contributed by atoms with Gasteiger partial charge in [-0.05, 0) is 37.1 Å².